The van der Waals surface area contributed by atoms with Crippen LogP contribution in [0, 0.1) is 0 Å². The molecule has 0 heterocycles. The van der Waals surface area contributed by atoms with Gasteiger partial charge in [0.05, 0.1) is 10.7 Å². The van der Waals surface area contributed by atoms with E-state index in [-0.39, 0.29) is 18.3 Å². The molecule has 0 bridgehead atoms. The fourth-order valence-corrected chi connectivity index (χ4v) is 3.43. The summed E-state index contributed by atoms with van der Waals surface area (Å²) in [6, 6.07) is 11.1. The first kappa shape index (κ1) is 20.5. The number of aryl methyl sites for hydroxylation is 1. The fraction of sp³-hybridized carbons (Fsp3) is 0.263. The minimum Gasteiger partial charge on any atom is -0.506 e. The number of aromatic hydroxyl groups is 1. The molecule has 26 heavy (non-hydrogen) atoms. The van der Waals surface area contributed by atoms with Gasteiger partial charge in [-0.1, -0.05) is 41.4 Å². The van der Waals surface area contributed by atoms with Gasteiger partial charge in [-0.3, -0.25) is 4.79 Å². The van der Waals surface area contributed by atoms with E-state index >= 15 is 0 Å². The molecule has 0 aliphatic rings. The predicted octanol–water partition coefficient (Wildman–Crippen LogP) is 4.79. The van der Waals surface area contributed by atoms with Crippen LogP contribution in [0.15, 0.2) is 50.4 Å². The number of nitrogens with zero attached hydrogens (tertiary/aromatic N) is 1. The van der Waals surface area contributed by atoms with Gasteiger partial charge in [0, 0.05) is 10.0 Å². The van der Waals surface area contributed by atoms with Gasteiger partial charge in [0.2, 0.25) is 0 Å². The van der Waals surface area contributed by atoms with Gasteiger partial charge < -0.3 is 9.84 Å². The molecule has 0 aromatic heterocycles. The molecule has 2 rings (SSSR count). The van der Waals surface area contributed by atoms with E-state index in [1.165, 1.54) is 11.8 Å². The van der Waals surface area contributed by atoms with Crippen molar-refractivity contribution in [3.63, 3.8) is 0 Å². The van der Waals surface area contributed by atoms with Gasteiger partial charge in [-0.15, -0.1) is 0 Å². The average molecular weight is 484 g/mol. The molecule has 0 saturated carbocycles. The van der Waals surface area contributed by atoms with E-state index in [0.717, 1.165) is 23.7 Å². The molecule has 0 aliphatic heterocycles. The first-order chi connectivity index (χ1) is 12.5. The lowest BCUT2D eigenvalue weighted by atomic mass is 10.1. The van der Waals surface area contributed by atoms with Crippen molar-refractivity contribution in [3.05, 3.63) is 56.5 Å². The van der Waals surface area contributed by atoms with Gasteiger partial charge in [-0.05, 0) is 58.6 Å². The van der Waals surface area contributed by atoms with Gasteiger partial charge in [0.25, 0.3) is 5.91 Å². The Morgan fingerprint density at radius 2 is 2.00 bits per heavy atom. The van der Waals surface area contributed by atoms with Crippen LogP contribution in [-0.2, 0) is 11.2 Å². The molecule has 0 unspecified atom stereocenters. The largest absolute Gasteiger partial charge is 0.506 e. The molecule has 2 N–H and O–H groups in total. The van der Waals surface area contributed by atoms with E-state index in [0.29, 0.717) is 15.8 Å². The molecule has 138 valence electrons. The number of phenolic OH excluding ortho intramolecular Hbond substituents is 1. The van der Waals surface area contributed by atoms with Crippen LogP contribution in [0.5, 0.6) is 11.5 Å². The van der Waals surface area contributed by atoms with Crippen molar-refractivity contribution < 1.29 is 14.6 Å². The Balaban J connectivity index is 1.82. The second kappa shape index (κ2) is 10.3. The highest BCUT2D eigenvalue weighted by Crippen LogP contribution is 2.30. The molecule has 0 saturated heterocycles. The maximum Gasteiger partial charge on any atom is 0.277 e. The summed E-state index contributed by atoms with van der Waals surface area (Å²) >= 11 is 6.57. The van der Waals surface area contributed by atoms with E-state index in [4.69, 9.17) is 4.74 Å². The van der Waals surface area contributed by atoms with Gasteiger partial charge in [0.15, 0.2) is 6.61 Å². The molecule has 0 spiro atoms. The van der Waals surface area contributed by atoms with Crippen LogP contribution in [0.4, 0.5) is 0 Å². The number of amides is 1. The van der Waals surface area contributed by atoms with Gasteiger partial charge in [0.1, 0.15) is 11.5 Å². The molecule has 0 atom stereocenters. The first-order valence-corrected chi connectivity index (χ1v) is 9.80. The van der Waals surface area contributed by atoms with Crippen molar-refractivity contribution in [1.29, 1.82) is 0 Å². The van der Waals surface area contributed by atoms with Crippen LogP contribution < -0.4 is 10.2 Å². The lowest BCUT2D eigenvalue weighted by Crippen LogP contribution is -2.24. The van der Waals surface area contributed by atoms with Crippen LogP contribution >= 0.6 is 31.9 Å². The Labute approximate surface area is 169 Å². The Bertz CT molecular complexity index is 777. The minimum atomic E-state index is -0.384. The lowest BCUT2D eigenvalue weighted by Gasteiger charge is -2.06. The van der Waals surface area contributed by atoms with E-state index in [1.807, 2.05) is 24.3 Å². The zero-order valence-corrected chi connectivity index (χ0v) is 17.5. The predicted molar refractivity (Wildman–Crippen MR) is 110 cm³/mol. The summed E-state index contributed by atoms with van der Waals surface area (Å²) in [6.45, 7) is 2.02. The first-order valence-electron chi connectivity index (χ1n) is 8.21. The van der Waals surface area contributed by atoms with Gasteiger partial charge in [-0.25, -0.2) is 5.43 Å². The monoisotopic (exact) mass is 482 g/mol. The summed E-state index contributed by atoms with van der Waals surface area (Å²) in [7, 11) is 0. The van der Waals surface area contributed by atoms with Gasteiger partial charge >= 0.3 is 0 Å². The number of ether oxygens (including phenoxy) is 1. The van der Waals surface area contributed by atoms with Crippen molar-refractivity contribution in [2.24, 2.45) is 5.10 Å². The summed E-state index contributed by atoms with van der Waals surface area (Å²) in [6.07, 6.45) is 4.73. The van der Waals surface area contributed by atoms with Crippen molar-refractivity contribution >= 4 is 44.0 Å². The van der Waals surface area contributed by atoms with Gasteiger partial charge in [-0.2, -0.15) is 5.10 Å². The topological polar surface area (TPSA) is 70.9 Å². The molecule has 2 aromatic carbocycles. The molecule has 0 fully saturated rings. The Morgan fingerprint density at radius 3 is 2.69 bits per heavy atom. The number of carbonyl (C=O) groups excluding carboxylic acids is 1. The second-order valence-electron chi connectivity index (χ2n) is 5.65. The van der Waals surface area contributed by atoms with E-state index in [9.17, 15) is 9.90 Å². The molecule has 5 nitrogen and oxygen atoms in total. The van der Waals surface area contributed by atoms with Crippen molar-refractivity contribution in [2.75, 3.05) is 6.61 Å². The number of rotatable bonds is 8. The zero-order chi connectivity index (χ0) is 18.9. The maximum atomic E-state index is 11.8. The van der Waals surface area contributed by atoms with Crippen LogP contribution in [0.3, 0.4) is 0 Å². The minimum absolute atomic E-state index is 0.0469. The molecular weight excluding hydrogens is 464 g/mol. The highest BCUT2D eigenvalue weighted by atomic mass is 79.9. The molecule has 0 radical (unpaired) electrons. The number of hydrogen-bond donors (Lipinski definition) is 2. The Morgan fingerprint density at radius 1 is 1.27 bits per heavy atom. The number of carbonyl (C=O) groups is 1. The lowest BCUT2D eigenvalue weighted by molar-refractivity contribution is -0.123. The number of hydrazone groups is 1. The van der Waals surface area contributed by atoms with Crippen LogP contribution in [-0.4, -0.2) is 23.8 Å². The Hall–Kier alpha value is -1.86. The Kier molecular flexibility index (Phi) is 8.12. The summed E-state index contributed by atoms with van der Waals surface area (Å²) in [4.78, 5) is 11.8. The number of phenols is 1. The zero-order valence-electron chi connectivity index (χ0n) is 14.3. The highest BCUT2D eigenvalue weighted by Gasteiger charge is 2.06. The van der Waals surface area contributed by atoms with Crippen molar-refractivity contribution in [3.8, 4) is 11.5 Å². The quantitative estimate of drug-likeness (QED) is 0.419. The average Bonchev–Trinajstić information content (AvgIpc) is 2.63. The number of unbranched alkanes of at least 4 members (excludes halogenated alkanes) is 1. The third-order valence-corrected chi connectivity index (χ3v) is 4.63. The number of nitrogens with one attached hydrogen (secondary N) is 1. The fourth-order valence-electron chi connectivity index (χ4n) is 2.17. The van der Waals surface area contributed by atoms with E-state index < -0.39 is 0 Å². The molecular formula is C19H20Br2N2O3. The summed E-state index contributed by atoms with van der Waals surface area (Å²) < 4.78 is 6.75. The second-order valence-corrected chi connectivity index (χ2v) is 7.42. The normalized spacial score (nSPS) is 10.9. The van der Waals surface area contributed by atoms with Crippen LogP contribution in [0.2, 0.25) is 0 Å². The SMILES string of the molecule is CCCCc1ccc(OCC(=O)N/N=C\c2cc(Br)cc(Br)c2O)cc1. The summed E-state index contributed by atoms with van der Waals surface area (Å²) in [5, 5.41) is 13.8. The van der Waals surface area contributed by atoms with Crippen molar-refractivity contribution in [2.45, 2.75) is 26.2 Å². The smallest absolute Gasteiger partial charge is 0.277 e. The van der Waals surface area contributed by atoms with Crippen molar-refractivity contribution in [1.82, 2.24) is 5.43 Å². The number of halogens is 2. The van der Waals surface area contributed by atoms with E-state index in [2.05, 4.69) is 49.3 Å². The number of benzene rings is 2. The molecule has 2 aromatic rings. The summed E-state index contributed by atoms with van der Waals surface area (Å²) in [5.41, 5.74) is 4.10. The molecule has 0 aliphatic carbocycles. The standard InChI is InChI=1S/C19H20Br2N2O3/c1-2-3-4-13-5-7-16(8-6-13)26-12-18(24)23-22-11-14-9-15(20)10-17(21)19(14)25/h5-11,25H,2-4,12H2,1H3,(H,23,24)/b22-11-. The maximum absolute atomic E-state index is 11.8. The van der Waals surface area contributed by atoms with Crippen LogP contribution in [0.25, 0.3) is 0 Å². The number of hydrogen-bond acceptors (Lipinski definition) is 4. The molecule has 7 heteroatoms. The highest BCUT2D eigenvalue weighted by molar-refractivity contribution is 9.11. The van der Waals surface area contributed by atoms with Crippen LogP contribution in [0.1, 0.15) is 30.9 Å². The van der Waals surface area contributed by atoms with E-state index in [1.54, 1.807) is 12.1 Å². The molecule has 1 amide bonds. The third kappa shape index (κ3) is 6.46. The summed E-state index contributed by atoms with van der Waals surface area (Å²) in [5.74, 6) is 0.299. The third-order valence-electron chi connectivity index (χ3n) is 3.56.